The van der Waals surface area contributed by atoms with E-state index in [9.17, 15) is 4.79 Å². The molecule has 0 aliphatic carbocycles. The molecule has 0 aromatic rings. The highest BCUT2D eigenvalue weighted by molar-refractivity contribution is 5.86. The van der Waals surface area contributed by atoms with E-state index in [1.54, 1.807) is 6.92 Å². The van der Waals surface area contributed by atoms with Crippen LogP contribution in [-0.2, 0) is 9.53 Å². The van der Waals surface area contributed by atoms with E-state index in [4.69, 9.17) is 4.74 Å². The third-order valence-corrected chi connectivity index (χ3v) is 7.42. The number of carbonyl (C=O) groups is 1. The van der Waals surface area contributed by atoms with Gasteiger partial charge in [0.15, 0.2) is 0 Å². The highest BCUT2D eigenvalue weighted by Crippen LogP contribution is 2.14. The third kappa shape index (κ3) is 23.3. The lowest BCUT2D eigenvalue weighted by Crippen LogP contribution is -2.47. The maximum absolute atomic E-state index is 11.5. The zero-order valence-corrected chi connectivity index (χ0v) is 25.0. The summed E-state index contributed by atoms with van der Waals surface area (Å²) in [6.07, 6.45) is 24.1. The monoisotopic (exact) mass is 496 g/mol. The van der Waals surface area contributed by atoms with Gasteiger partial charge in [-0.25, -0.2) is 4.79 Å². The van der Waals surface area contributed by atoms with Gasteiger partial charge in [-0.2, -0.15) is 0 Å². The Morgan fingerprint density at radius 2 is 0.914 bits per heavy atom. The maximum Gasteiger partial charge on any atom is 0.333 e. The number of esters is 1. The molecule has 208 valence electrons. The molecule has 0 fully saturated rings. The molecule has 0 aliphatic heterocycles. The van der Waals surface area contributed by atoms with Gasteiger partial charge in [-0.1, -0.05) is 103 Å². The molecule has 0 spiro atoms. The van der Waals surface area contributed by atoms with Crippen LogP contribution in [0, 0.1) is 0 Å². The molecule has 0 saturated heterocycles. The van der Waals surface area contributed by atoms with Crippen molar-refractivity contribution in [2.45, 2.75) is 123 Å². The summed E-state index contributed by atoms with van der Waals surface area (Å²) in [5.74, 6) is -0.276. The smallest absolute Gasteiger partial charge is 0.333 e. The molecule has 0 saturated carbocycles. The van der Waals surface area contributed by atoms with Crippen LogP contribution in [0.4, 0.5) is 0 Å². The SMILES string of the molecule is C=C(C)C(=O)OCC[N+](C)(C)CCC[N+](C)(C)CCCCCCCCCCCCCCCCCC. The highest BCUT2D eigenvalue weighted by Gasteiger charge is 2.20. The Morgan fingerprint density at radius 1 is 0.571 bits per heavy atom. The Labute approximate surface area is 220 Å². The van der Waals surface area contributed by atoms with Crippen molar-refractivity contribution in [3.05, 3.63) is 12.2 Å². The first-order chi connectivity index (χ1) is 16.6. The van der Waals surface area contributed by atoms with Gasteiger partial charge in [-0.3, -0.25) is 0 Å². The van der Waals surface area contributed by atoms with E-state index in [0.717, 1.165) is 22.1 Å². The van der Waals surface area contributed by atoms with Gasteiger partial charge in [0.05, 0.1) is 47.8 Å². The minimum Gasteiger partial charge on any atom is -0.456 e. The lowest BCUT2D eigenvalue weighted by Gasteiger charge is -2.33. The molecule has 0 radical (unpaired) electrons. The first-order valence-corrected chi connectivity index (χ1v) is 15.1. The lowest BCUT2D eigenvalue weighted by atomic mass is 10.0. The van der Waals surface area contributed by atoms with Crippen molar-refractivity contribution < 1.29 is 18.5 Å². The zero-order chi connectivity index (χ0) is 26.4. The van der Waals surface area contributed by atoms with Crippen LogP contribution in [0.1, 0.15) is 123 Å². The standard InChI is InChI=1S/C31H64N2O2/c1-8-9-10-11-12-13-14-15-16-17-18-19-20-21-22-23-25-32(4,5)26-24-27-33(6,7)28-29-35-31(34)30(2)3/h2,8-29H2,1,3-7H3/q+2. The molecule has 4 nitrogen and oxygen atoms in total. The molecule has 0 rings (SSSR count). The Bertz CT molecular complexity index is 528. The summed E-state index contributed by atoms with van der Waals surface area (Å²) in [5, 5.41) is 0. The summed E-state index contributed by atoms with van der Waals surface area (Å²) in [6, 6.07) is 0. The lowest BCUT2D eigenvalue weighted by molar-refractivity contribution is -0.909. The number of likely N-dealkylation sites (N-methyl/N-ethyl adjacent to an activating group) is 1. The number of hydrogen-bond acceptors (Lipinski definition) is 2. The number of nitrogens with zero attached hydrogens (tertiary/aromatic N) is 2. The van der Waals surface area contributed by atoms with Crippen LogP contribution in [0.15, 0.2) is 12.2 Å². The minimum atomic E-state index is -0.276. The van der Waals surface area contributed by atoms with Crippen LogP contribution < -0.4 is 0 Å². The summed E-state index contributed by atoms with van der Waals surface area (Å²) in [4.78, 5) is 11.5. The predicted octanol–water partition coefficient (Wildman–Crippen LogP) is 7.91. The Morgan fingerprint density at radius 3 is 1.31 bits per heavy atom. The molecular formula is C31H64N2O2+2. The molecular weight excluding hydrogens is 432 g/mol. The van der Waals surface area contributed by atoms with Gasteiger partial charge >= 0.3 is 5.97 Å². The van der Waals surface area contributed by atoms with Crippen molar-refractivity contribution in [1.82, 2.24) is 0 Å². The third-order valence-electron chi connectivity index (χ3n) is 7.42. The van der Waals surface area contributed by atoms with Crippen LogP contribution in [0.3, 0.4) is 0 Å². The molecule has 0 atom stereocenters. The second kappa shape index (κ2) is 21.2. The molecule has 4 heteroatoms. The zero-order valence-electron chi connectivity index (χ0n) is 25.0. The largest absolute Gasteiger partial charge is 0.456 e. The van der Waals surface area contributed by atoms with Crippen molar-refractivity contribution in [2.75, 3.05) is 61.0 Å². The van der Waals surface area contributed by atoms with Crippen molar-refractivity contribution >= 4 is 5.97 Å². The molecule has 0 amide bonds. The van der Waals surface area contributed by atoms with E-state index in [2.05, 4.69) is 41.7 Å². The second-order valence-electron chi connectivity index (χ2n) is 12.3. The summed E-state index contributed by atoms with van der Waals surface area (Å²) >= 11 is 0. The van der Waals surface area contributed by atoms with E-state index >= 15 is 0 Å². The second-order valence-corrected chi connectivity index (χ2v) is 12.3. The summed E-state index contributed by atoms with van der Waals surface area (Å²) in [7, 11) is 9.20. The number of hydrogen-bond donors (Lipinski definition) is 0. The normalized spacial score (nSPS) is 12.2. The van der Waals surface area contributed by atoms with Crippen molar-refractivity contribution in [2.24, 2.45) is 0 Å². The summed E-state index contributed by atoms with van der Waals surface area (Å²) < 4.78 is 7.27. The van der Waals surface area contributed by atoms with Gasteiger partial charge in [0.1, 0.15) is 13.2 Å². The van der Waals surface area contributed by atoms with Crippen LogP contribution in [0.5, 0.6) is 0 Å². The molecule has 35 heavy (non-hydrogen) atoms. The average Bonchev–Trinajstić information content (AvgIpc) is 2.78. The number of ether oxygens (including phenoxy) is 1. The van der Waals surface area contributed by atoms with Gasteiger partial charge in [-0.15, -0.1) is 0 Å². The minimum absolute atomic E-state index is 0.276. The Kier molecular flexibility index (Phi) is 20.7. The first kappa shape index (κ1) is 34.1. The van der Waals surface area contributed by atoms with Crippen LogP contribution >= 0.6 is 0 Å². The fourth-order valence-electron chi connectivity index (χ4n) is 4.75. The maximum atomic E-state index is 11.5. The van der Waals surface area contributed by atoms with Crippen molar-refractivity contribution in [1.29, 1.82) is 0 Å². The molecule has 0 aromatic heterocycles. The van der Waals surface area contributed by atoms with Crippen molar-refractivity contribution in [3.63, 3.8) is 0 Å². The van der Waals surface area contributed by atoms with Crippen LogP contribution in [0.25, 0.3) is 0 Å². The van der Waals surface area contributed by atoms with Crippen molar-refractivity contribution in [3.8, 4) is 0 Å². The summed E-state index contributed by atoms with van der Waals surface area (Å²) in [5.41, 5.74) is 0.475. The number of rotatable bonds is 25. The molecule has 0 N–H and O–H groups in total. The van der Waals surface area contributed by atoms with E-state index in [1.165, 1.54) is 122 Å². The van der Waals surface area contributed by atoms with Gasteiger partial charge < -0.3 is 13.7 Å². The van der Waals surface area contributed by atoms with Gasteiger partial charge in [0.2, 0.25) is 0 Å². The molecule has 0 heterocycles. The van der Waals surface area contributed by atoms with Gasteiger partial charge in [-0.05, 0) is 19.8 Å². The van der Waals surface area contributed by atoms with Crippen LogP contribution in [0.2, 0.25) is 0 Å². The van der Waals surface area contributed by atoms with E-state index in [1.807, 2.05) is 0 Å². The summed E-state index contributed by atoms with van der Waals surface area (Å²) in [6.45, 7) is 12.6. The van der Waals surface area contributed by atoms with E-state index in [0.29, 0.717) is 12.2 Å². The molecule has 0 aliphatic rings. The fraction of sp³-hybridized carbons (Fsp3) is 0.903. The van der Waals surface area contributed by atoms with Gasteiger partial charge in [0, 0.05) is 12.0 Å². The predicted molar refractivity (Wildman–Crippen MR) is 154 cm³/mol. The van der Waals surface area contributed by atoms with Gasteiger partial charge in [0.25, 0.3) is 0 Å². The average molecular weight is 497 g/mol. The quantitative estimate of drug-likeness (QED) is 0.0555. The topological polar surface area (TPSA) is 26.3 Å². The van der Waals surface area contributed by atoms with Crippen LogP contribution in [-0.4, -0.2) is 75.9 Å². The number of quaternary nitrogens is 2. The van der Waals surface area contributed by atoms with E-state index < -0.39 is 0 Å². The number of unbranched alkanes of at least 4 members (excludes halogenated alkanes) is 15. The first-order valence-electron chi connectivity index (χ1n) is 15.1. The Hall–Kier alpha value is -0.870. The molecule has 0 bridgehead atoms. The molecule has 0 aromatic carbocycles. The molecule has 0 unspecified atom stereocenters. The number of carbonyl (C=O) groups excluding carboxylic acids is 1. The van der Waals surface area contributed by atoms with E-state index in [-0.39, 0.29) is 5.97 Å². The fourth-order valence-corrected chi connectivity index (χ4v) is 4.75. The Balaban J connectivity index is 3.57. The highest BCUT2D eigenvalue weighted by atomic mass is 16.5.